The van der Waals surface area contributed by atoms with Crippen LogP contribution in [0, 0.1) is 5.92 Å². The molecule has 4 heterocycles. The van der Waals surface area contributed by atoms with E-state index in [0.717, 1.165) is 45.4 Å². The maximum atomic E-state index is 6.31. The predicted molar refractivity (Wildman–Crippen MR) is 97.4 cm³/mol. The summed E-state index contributed by atoms with van der Waals surface area (Å²) in [4.78, 5) is 9.45. The van der Waals surface area contributed by atoms with Crippen LogP contribution in [-0.2, 0) is 16.0 Å². The summed E-state index contributed by atoms with van der Waals surface area (Å²) < 4.78 is 11.8. The van der Waals surface area contributed by atoms with Crippen molar-refractivity contribution < 1.29 is 9.47 Å². The van der Waals surface area contributed by atoms with E-state index in [0.29, 0.717) is 0 Å². The van der Waals surface area contributed by atoms with Gasteiger partial charge in [-0.1, -0.05) is 6.07 Å². The Bertz CT molecular complexity index is 525. The molecule has 0 atom stereocenters. The molecule has 0 saturated carbocycles. The summed E-state index contributed by atoms with van der Waals surface area (Å²) in [7, 11) is 0. The molecule has 0 amide bonds. The maximum Gasteiger partial charge on any atom is 0.0833 e. The van der Waals surface area contributed by atoms with Gasteiger partial charge >= 0.3 is 0 Å². The molecule has 3 aliphatic rings. The van der Waals surface area contributed by atoms with Crippen LogP contribution in [0.25, 0.3) is 0 Å². The zero-order valence-corrected chi connectivity index (χ0v) is 15.2. The van der Waals surface area contributed by atoms with E-state index >= 15 is 0 Å². The fraction of sp³-hybridized carbons (Fsp3) is 0.750. The highest BCUT2D eigenvalue weighted by atomic mass is 16.5. The minimum absolute atomic E-state index is 0.0760. The van der Waals surface area contributed by atoms with E-state index in [1.165, 1.54) is 50.9 Å². The molecule has 1 aromatic heterocycles. The van der Waals surface area contributed by atoms with E-state index in [1.807, 2.05) is 18.5 Å². The first-order valence-electron chi connectivity index (χ1n) is 9.87. The molecule has 3 fully saturated rings. The fourth-order valence-corrected chi connectivity index (χ4v) is 4.55. The first-order valence-corrected chi connectivity index (χ1v) is 9.87. The van der Waals surface area contributed by atoms with Gasteiger partial charge in [-0.3, -0.25) is 9.88 Å². The largest absolute Gasteiger partial charge is 0.381 e. The number of aromatic nitrogens is 1. The van der Waals surface area contributed by atoms with Crippen LogP contribution >= 0.6 is 0 Å². The van der Waals surface area contributed by atoms with Gasteiger partial charge in [-0.05, 0) is 43.2 Å². The Morgan fingerprint density at radius 2 is 1.92 bits per heavy atom. The molecule has 0 aromatic carbocycles. The highest BCUT2D eigenvalue weighted by Gasteiger charge is 2.39. The number of piperidine rings is 1. The first kappa shape index (κ1) is 17.4. The van der Waals surface area contributed by atoms with Crippen molar-refractivity contribution in [1.82, 2.24) is 14.8 Å². The molecule has 0 unspecified atom stereocenters. The Morgan fingerprint density at radius 3 is 2.68 bits per heavy atom. The van der Waals surface area contributed by atoms with Crippen molar-refractivity contribution in [3.63, 3.8) is 0 Å². The van der Waals surface area contributed by atoms with Gasteiger partial charge in [0.25, 0.3) is 0 Å². The van der Waals surface area contributed by atoms with Gasteiger partial charge in [0.1, 0.15) is 0 Å². The number of ether oxygens (including phenoxy) is 2. The van der Waals surface area contributed by atoms with Gasteiger partial charge in [-0.15, -0.1) is 0 Å². The summed E-state index contributed by atoms with van der Waals surface area (Å²) in [6.45, 7) is 9.46. The molecular weight excluding hydrogens is 314 g/mol. The van der Waals surface area contributed by atoms with E-state index in [2.05, 4.69) is 20.9 Å². The van der Waals surface area contributed by atoms with E-state index in [-0.39, 0.29) is 5.60 Å². The number of pyridine rings is 1. The summed E-state index contributed by atoms with van der Waals surface area (Å²) in [5.41, 5.74) is 1.38. The van der Waals surface area contributed by atoms with Gasteiger partial charge in [-0.2, -0.15) is 0 Å². The Hall–Kier alpha value is -1.01. The predicted octanol–water partition coefficient (Wildman–Crippen LogP) is 2.17. The molecule has 0 radical (unpaired) electrons. The van der Waals surface area contributed by atoms with Gasteiger partial charge in [0.2, 0.25) is 0 Å². The maximum absolute atomic E-state index is 6.31. The molecule has 3 saturated heterocycles. The number of morpholine rings is 1. The standard InChI is InChI=1S/C20H31N3O2/c1-2-19(14-21-7-1)16-23-10-13-25-20(17-23)5-8-22(9-6-20)15-18-3-11-24-12-4-18/h1-2,7,14,18H,3-6,8-13,15-17H2. The Morgan fingerprint density at radius 1 is 1.08 bits per heavy atom. The summed E-state index contributed by atoms with van der Waals surface area (Å²) in [5, 5.41) is 0. The molecule has 5 heteroatoms. The van der Waals surface area contributed by atoms with Crippen molar-refractivity contribution in [2.75, 3.05) is 52.5 Å². The van der Waals surface area contributed by atoms with Crippen molar-refractivity contribution in [2.45, 2.75) is 37.8 Å². The molecule has 1 spiro atoms. The molecule has 25 heavy (non-hydrogen) atoms. The lowest BCUT2D eigenvalue weighted by Gasteiger charge is -2.48. The summed E-state index contributed by atoms with van der Waals surface area (Å²) in [6, 6.07) is 4.20. The normalized spacial score (nSPS) is 26.1. The van der Waals surface area contributed by atoms with Crippen molar-refractivity contribution >= 4 is 0 Å². The second-order valence-electron chi connectivity index (χ2n) is 7.96. The van der Waals surface area contributed by atoms with Gasteiger partial charge in [-0.25, -0.2) is 0 Å². The first-order chi connectivity index (χ1) is 12.3. The number of nitrogens with zero attached hydrogens (tertiary/aromatic N) is 3. The summed E-state index contributed by atoms with van der Waals surface area (Å²) in [5.74, 6) is 0.831. The smallest absolute Gasteiger partial charge is 0.0833 e. The van der Waals surface area contributed by atoms with Crippen molar-refractivity contribution in [3.8, 4) is 0 Å². The zero-order chi connectivity index (χ0) is 17.0. The SMILES string of the molecule is c1cncc(CN2CCOC3(CCN(CC4CCOCC4)CC3)C2)c1. The highest BCUT2D eigenvalue weighted by molar-refractivity contribution is 5.08. The third-order valence-corrected chi connectivity index (χ3v) is 6.08. The van der Waals surface area contributed by atoms with Crippen molar-refractivity contribution in [2.24, 2.45) is 5.92 Å². The number of hydrogen-bond acceptors (Lipinski definition) is 5. The average molecular weight is 345 g/mol. The Balaban J connectivity index is 1.27. The lowest BCUT2D eigenvalue weighted by Crippen LogP contribution is -2.57. The van der Waals surface area contributed by atoms with Crippen LogP contribution in [0.4, 0.5) is 0 Å². The average Bonchev–Trinajstić information content (AvgIpc) is 2.66. The number of likely N-dealkylation sites (tertiary alicyclic amines) is 1. The molecule has 0 bridgehead atoms. The summed E-state index contributed by atoms with van der Waals surface area (Å²) in [6.07, 6.45) is 8.63. The molecular formula is C20H31N3O2. The Kier molecular flexibility index (Phi) is 5.66. The fourth-order valence-electron chi connectivity index (χ4n) is 4.55. The van der Waals surface area contributed by atoms with Crippen molar-refractivity contribution in [1.29, 1.82) is 0 Å². The van der Waals surface area contributed by atoms with Crippen LogP contribution in [-0.4, -0.2) is 72.9 Å². The van der Waals surface area contributed by atoms with Crippen LogP contribution in [0.5, 0.6) is 0 Å². The lowest BCUT2D eigenvalue weighted by atomic mass is 9.88. The van der Waals surface area contributed by atoms with Gasteiger partial charge in [0.05, 0.1) is 12.2 Å². The van der Waals surface area contributed by atoms with Crippen LogP contribution in [0.2, 0.25) is 0 Å². The summed E-state index contributed by atoms with van der Waals surface area (Å²) >= 11 is 0. The van der Waals surface area contributed by atoms with Crippen LogP contribution in [0.1, 0.15) is 31.2 Å². The highest BCUT2D eigenvalue weighted by Crippen LogP contribution is 2.31. The van der Waals surface area contributed by atoms with Gasteiger partial charge in [0, 0.05) is 64.9 Å². The monoisotopic (exact) mass is 345 g/mol. The van der Waals surface area contributed by atoms with Gasteiger partial charge < -0.3 is 14.4 Å². The second kappa shape index (κ2) is 8.12. The third-order valence-electron chi connectivity index (χ3n) is 6.08. The third kappa shape index (κ3) is 4.59. The second-order valence-corrected chi connectivity index (χ2v) is 7.96. The molecule has 3 aliphatic heterocycles. The minimum atomic E-state index is 0.0760. The Labute approximate surface area is 151 Å². The van der Waals surface area contributed by atoms with Crippen LogP contribution in [0.3, 0.4) is 0 Å². The van der Waals surface area contributed by atoms with E-state index in [1.54, 1.807) is 0 Å². The topological polar surface area (TPSA) is 37.8 Å². The minimum Gasteiger partial charge on any atom is -0.381 e. The molecule has 0 aliphatic carbocycles. The van der Waals surface area contributed by atoms with E-state index < -0.39 is 0 Å². The molecule has 4 rings (SSSR count). The molecule has 5 nitrogen and oxygen atoms in total. The van der Waals surface area contributed by atoms with E-state index in [9.17, 15) is 0 Å². The zero-order valence-electron chi connectivity index (χ0n) is 15.2. The molecule has 0 N–H and O–H groups in total. The number of rotatable bonds is 4. The quantitative estimate of drug-likeness (QED) is 0.836. The van der Waals surface area contributed by atoms with E-state index in [4.69, 9.17) is 9.47 Å². The van der Waals surface area contributed by atoms with Crippen molar-refractivity contribution in [3.05, 3.63) is 30.1 Å². The van der Waals surface area contributed by atoms with Crippen LogP contribution < -0.4 is 0 Å². The molecule has 138 valence electrons. The van der Waals surface area contributed by atoms with Crippen LogP contribution in [0.15, 0.2) is 24.5 Å². The lowest BCUT2D eigenvalue weighted by molar-refractivity contribution is -0.138. The molecule has 1 aromatic rings. The number of hydrogen-bond donors (Lipinski definition) is 0. The van der Waals surface area contributed by atoms with Gasteiger partial charge in [0.15, 0.2) is 0 Å².